The molecule has 18 heavy (non-hydrogen) atoms. The molecule has 1 aromatic carbocycles. The predicted molar refractivity (Wildman–Crippen MR) is 74.8 cm³/mol. The summed E-state index contributed by atoms with van der Waals surface area (Å²) in [5, 5.41) is 3.11. The third-order valence-electron chi connectivity index (χ3n) is 3.90. The van der Waals surface area contributed by atoms with Crippen molar-refractivity contribution >= 4 is 5.91 Å². The zero-order chi connectivity index (χ0) is 13.1. The highest BCUT2D eigenvalue weighted by Gasteiger charge is 2.23. The highest BCUT2D eigenvalue weighted by Crippen LogP contribution is 2.26. The Labute approximate surface area is 110 Å². The lowest BCUT2D eigenvalue weighted by Gasteiger charge is -2.10. The molecule has 1 N–H and O–H groups in total. The van der Waals surface area contributed by atoms with Crippen LogP contribution in [0.1, 0.15) is 49.4 Å². The normalized spacial score (nSPS) is 14.6. The van der Waals surface area contributed by atoms with Crippen molar-refractivity contribution in [3.8, 4) is 0 Å². The van der Waals surface area contributed by atoms with E-state index in [9.17, 15) is 4.79 Å². The Morgan fingerprint density at radius 1 is 1.11 bits per heavy atom. The number of carbonyl (C=O) groups excluding carboxylic acids is 1. The van der Waals surface area contributed by atoms with Crippen molar-refractivity contribution in [2.24, 2.45) is 0 Å². The Hall–Kier alpha value is -1.31. The molecular weight excluding hydrogens is 222 g/mol. The molecule has 0 heterocycles. The first-order chi connectivity index (χ1) is 8.67. The van der Waals surface area contributed by atoms with Crippen LogP contribution < -0.4 is 5.32 Å². The summed E-state index contributed by atoms with van der Waals surface area (Å²) in [4.78, 5) is 11.5. The van der Waals surface area contributed by atoms with Gasteiger partial charge in [-0.25, -0.2) is 0 Å². The monoisotopic (exact) mass is 245 g/mol. The maximum atomic E-state index is 11.5. The van der Waals surface area contributed by atoms with E-state index in [1.807, 2.05) is 6.92 Å². The second kappa shape index (κ2) is 5.55. The van der Waals surface area contributed by atoms with Gasteiger partial charge in [-0.1, -0.05) is 32.9 Å². The van der Waals surface area contributed by atoms with E-state index in [1.54, 1.807) is 0 Å². The van der Waals surface area contributed by atoms with Crippen LogP contribution in [0.15, 0.2) is 12.1 Å². The molecule has 0 spiro atoms. The summed E-state index contributed by atoms with van der Waals surface area (Å²) in [6, 6.07) is 5.02. The summed E-state index contributed by atoms with van der Waals surface area (Å²) < 4.78 is 0. The zero-order valence-corrected chi connectivity index (χ0v) is 11.7. The highest BCUT2D eigenvalue weighted by atomic mass is 16.1. The Morgan fingerprint density at radius 3 is 2.00 bits per heavy atom. The average molecular weight is 245 g/mol. The second-order valence-corrected chi connectivity index (χ2v) is 5.12. The highest BCUT2D eigenvalue weighted by molar-refractivity contribution is 5.76. The van der Waals surface area contributed by atoms with E-state index in [0.29, 0.717) is 12.5 Å². The molecule has 0 aliphatic heterocycles. The van der Waals surface area contributed by atoms with Gasteiger partial charge < -0.3 is 5.32 Å². The minimum Gasteiger partial charge on any atom is -0.353 e. The molecule has 98 valence electrons. The fourth-order valence-corrected chi connectivity index (χ4v) is 2.86. The first-order valence-corrected chi connectivity index (χ1v) is 7.10. The number of carbonyl (C=O) groups is 1. The van der Waals surface area contributed by atoms with Gasteiger partial charge in [-0.2, -0.15) is 0 Å². The number of amides is 1. The van der Waals surface area contributed by atoms with E-state index in [1.165, 1.54) is 22.3 Å². The van der Waals surface area contributed by atoms with Crippen LogP contribution in [0.2, 0.25) is 0 Å². The van der Waals surface area contributed by atoms with E-state index < -0.39 is 0 Å². The quantitative estimate of drug-likeness (QED) is 0.868. The van der Waals surface area contributed by atoms with E-state index in [-0.39, 0.29) is 5.91 Å². The molecular formula is C16H23NO. The van der Waals surface area contributed by atoms with Gasteiger partial charge in [-0.3, -0.25) is 4.79 Å². The Morgan fingerprint density at radius 2 is 1.61 bits per heavy atom. The summed E-state index contributed by atoms with van der Waals surface area (Å²) in [6.45, 7) is 6.33. The van der Waals surface area contributed by atoms with Crippen LogP contribution in [0.5, 0.6) is 0 Å². The van der Waals surface area contributed by atoms with E-state index in [4.69, 9.17) is 0 Å². The molecule has 1 aromatic rings. The lowest BCUT2D eigenvalue weighted by molar-refractivity contribution is -0.121. The molecule has 2 rings (SSSR count). The lowest BCUT2D eigenvalue weighted by atomic mass is 9.97. The van der Waals surface area contributed by atoms with Crippen LogP contribution in [0, 0.1) is 0 Å². The minimum atomic E-state index is 0.166. The maximum absolute atomic E-state index is 11.5. The van der Waals surface area contributed by atoms with Crippen LogP contribution in [0.25, 0.3) is 0 Å². The van der Waals surface area contributed by atoms with Crippen molar-refractivity contribution in [2.45, 2.75) is 58.9 Å². The first-order valence-electron chi connectivity index (χ1n) is 7.10. The number of fused-ring (bicyclic) bond motifs is 1. The van der Waals surface area contributed by atoms with Gasteiger partial charge in [0, 0.05) is 12.5 Å². The van der Waals surface area contributed by atoms with Crippen molar-refractivity contribution in [1.29, 1.82) is 0 Å². The van der Waals surface area contributed by atoms with Crippen LogP contribution in [-0.4, -0.2) is 11.9 Å². The third-order valence-corrected chi connectivity index (χ3v) is 3.90. The summed E-state index contributed by atoms with van der Waals surface area (Å²) in [5.41, 5.74) is 5.81. The molecule has 0 fully saturated rings. The Balaban J connectivity index is 2.16. The molecule has 0 unspecified atom stereocenters. The molecule has 0 saturated carbocycles. The molecule has 0 atom stereocenters. The Bertz CT molecular complexity index is 418. The largest absolute Gasteiger partial charge is 0.353 e. The van der Waals surface area contributed by atoms with Crippen LogP contribution in [-0.2, 0) is 30.5 Å². The van der Waals surface area contributed by atoms with Crippen molar-refractivity contribution < 1.29 is 4.79 Å². The lowest BCUT2D eigenvalue weighted by Crippen LogP contribution is -2.34. The minimum absolute atomic E-state index is 0.166. The van der Waals surface area contributed by atoms with Crippen molar-refractivity contribution in [3.63, 3.8) is 0 Å². The van der Waals surface area contributed by atoms with Crippen LogP contribution in [0.3, 0.4) is 0 Å². The van der Waals surface area contributed by atoms with Crippen LogP contribution >= 0.6 is 0 Å². The molecule has 0 bridgehead atoms. The van der Waals surface area contributed by atoms with E-state index >= 15 is 0 Å². The van der Waals surface area contributed by atoms with Gasteiger partial charge in [-0.05, 0) is 47.9 Å². The van der Waals surface area contributed by atoms with Gasteiger partial charge in [0.1, 0.15) is 0 Å². The van der Waals surface area contributed by atoms with Gasteiger partial charge in [-0.15, -0.1) is 0 Å². The molecule has 0 aromatic heterocycles. The van der Waals surface area contributed by atoms with Crippen molar-refractivity contribution in [2.75, 3.05) is 0 Å². The van der Waals surface area contributed by atoms with Gasteiger partial charge in [0.15, 0.2) is 0 Å². The van der Waals surface area contributed by atoms with Crippen molar-refractivity contribution in [1.82, 2.24) is 5.32 Å². The molecule has 1 amide bonds. The van der Waals surface area contributed by atoms with Gasteiger partial charge >= 0.3 is 0 Å². The number of aryl methyl sites for hydroxylation is 2. The topological polar surface area (TPSA) is 29.1 Å². The summed E-state index contributed by atoms with van der Waals surface area (Å²) in [7, 11) is 0. The standard InChI is InChI=1S/C16H23NO/c1-4-11-7-13-9-15(17-16(18)6-3)10-14(13)8-12(11)5-2/h7-8,15H,4-6,9-10H2,1-3H3,(H,17,18). The molecule has 0 radical (unpaired) electrons. The molecule has 2 heteroatoms. The summed E-state index contributed by atoms with van der Waals surface area (Å²) >= 11 is 0. The number of rotatable bonds is 4. The third kappa shape index (κ3) is 2.58. The van der Waals surface area contributed by atoms with Gasteiger partial charge in [0.25, 0.3) is 0 Å². The van der Waals surface area contributed by atoms with Gasteiger partial charge in [0.05, 0.1) is 0 Å². The number of benzene rings is 1. The maximum Gasteiger partial charge on any atom is 0.219 e. The average Bonchev–Trinajstić information content (AvgIpc) is 2.77. The second-order valence-electron chi connectivity index (χ2n) is 5.12. The zero-order valence-electron chi connectivity index (χ0n) is 11.7. The predicted octanol–water partition coefficient (Wildman–Crippen LogP) is 2.80. The first kappa shape index (κ1) is 13.1. The summed E-state index contributed by atoms with van der Waals surface area (Å²) in [5.74, 6) is 0.166. The van der Waals surface area contributed by atoms with Crippen molar-refractivity contribution in [3.05, 3.63) is 34.4 Å². The SMILES string of the molecule is CCC(=O)NC1Cc2cc(CC)c(CC)cc2C1. The number of hydrogen-bond acceptors (Lipinski definition) is 1. The molecule has 1 aliphatic rings. The van der Waals surface area contributed by atoms with E-state index in [2.05, 4.69) is 31.3 Å². The smallest absolute Gasteiger partial charge is 0.219 e. The Kier molecular flexibility index (Phi) is 4.05. The molecule has 2 nitrogen and oxygen atoms in total. The summed E-state index contributed by atoms with van der Waals surface area (Å²) in [6.07, 6.45) is 4.77. The fourth-order valence-electron chi connectivity index (χ4n) is 2.86. The number of hydrogen-bond donors (Lipinski definition) is 1. The van der Waals surface area contributed by atoms with E-state index in [0.717, 1.165) is 25.7 Å². The molecule has 1 aliphatic carbocycles. The molecule has 0 saturated heterocycles. The van der Waals surface area contributed by atoms with Crippen LogP contribution in [0.4, 0.5) is 0 Å². The van der Waals surface area contributed by atoms with Gasteiger partial charge in [0.2, 0.25) is 5.91 Å². The number of nitrogens with one attached hydrogen (secondary N) is 1. The fraction of sp³-hybridized carbons (Fsp3) is 0.562.